The maximum atomic E-state index is 6.43. The van der Waals surface area contributed by atoms with Gasteiger partial charge in [-0.1, -0.05) is 0 Å². The summed E-state index contributed by atoms with van der Waals surface area (Å²) in [5.74, 6) is 0.979. The Balaban J connectivity index is 1.90. The molecule has 4 rings (SSSR count). The SMILES string of the molecule is Cc1ccnc2c1nc(C(C)Cl)n2C1CCN2CCCC12. The highest BCUT2D eigenvalue weighted by atomic mass is 35.5. The summed E-state index contributed by atoms with van der Waals surface area (Å²) in [5, 5.41) is -0.0888. The quantitative estimate of drug-likeness (QED) is 0.797. The third-order valence-corrected chi connectivity index (χ3v) is 5.26. The van der Waals surface area contributed by atoms with Crippen molar-refractivity contribution in [1.29, 1.82) is 0 Å². The summed E-state index contributed by atoms with van der Waals surface area (Å²) in [6.07, 6.45) is 5.67. The van der Waals surface area contributed by atoms with Gasteiger partial charge in [0, 0.05) is 18.8 Å². The molecule has 0 aromatic carbocycles. The van der Waals surface area contributed by atoms with Gasteiger partial charge >= 0.3 is 0 Å². The number of aryl methyl sites for hydroxylation is 1. The van der Waals surface area contributed by atoms with Crippen LogP contribution in [0.1, 0.15) is 49.0 Å². The molecule has 2 fully saturated rings. The Hall–Kier alpha value is -1.13. The molecular weight excluding hydrogens is 284 g/mol. The Morgan fingerprint density at radius 3 is 2.95 bits per heavy atom. The minimum Gasteiger partial charge on any atom is -0.307 e. The smallest absolute Gasteiger partial charge is 0.160 e. The number of halogens is 1. The van der Waals surface area contributed by atoms with E-state index in [2.05, 4.69) is 21.4 Å². The fraction of sp³-hybridized carbons (Fsp3) is 0.625. The van der Waals surface area contributed by atoms with Gasteiger partial charge in [0.1, 0.15) is 11.3 Å². The molecule has 2 aliphatic rings. The van der Waals surface area contributed by atoms with Gasteiger partial charge < -0.3 is 4.57 Å². The third-order valence-electron chi connectivity index (χ3n) is 5.07. The van der Waals surface area contributed by atoms with Crippen molar-refractivity contribution in [3.05, 3.63) is 23.7 Å². The van der Waals surface area contributed by atoms with E-state index in [0.717, 1.165) is 17.0 Å². The number of imidazole rings is 1. The summed E-state index contributed by atoms with van der Waals surface area (Å²) in [6.45, 7) is 6.54. The molecule has 0 radical (unpaired) electrons. The summed E-state index contributed by atoms with van der Waals surface area (Å²) >= 11 is 6.43. The second-order valence-electron chi connectivity index (χ2n) is 6.36. The van der Waals surface area contributed by atoms with Crippen molar-refractivity contribution >= 4 is 22.8 Å². The average Bonchev–Trinajstić information content (AvgIpc) is 3.10. The van der Waals surface area contributed by atoms with Crippen LogP contribution in [0.3, 0.4) is 0 Å². The first-order valence-corrected chi connectivity index (χ1v) is 8.32. The molecule has 2 aromatic rings. The van der Waals surface area contributed by atoms with Gasteiger partial charge in [0.15, 0.2) is 5.65 Å². The standard InChI is InChI=1S/C16H21ClN4/c1-10-5-7-18-16-14(10)19-15(11(2)17)21(16)13-6-9-20-8-3-4-12(13)20/h5,7,11-13H,3-4,6,8-9H2,1-2H3. The van der Waals surface area contributed by atoms with Crippen molar-refractivity contribution in [1.82, 2.24) is 19.4 Å². The van der Waals surface area contributed by atoms with Crippen molar-refractivity contribution < 1.29 is 0 Å². The Kier molecular flexibility index (Phi) is 3.19. The van der Waals surface area contributed by atoms with Gasteiger partial charge in [-0.05, 0) is 51.3 Å². The van der Waals surface area contributed by atoms with E-state index in [-0.39, 0.29) is 5.38 Å². The third kappa shape index (κ3) is 2.00. The van der Waals surface area contributed by atoms with E-state index in [0.29, 0.717) is 12.1 Å². The predicted octanol–water partition coefficient (Wildman–Crippen LogP) is 3.45. The van der Waals surface area contributed by atoms with Crippen molar-refractivity contribution in [3.63, 3.8) is 0 Å². The minimum absolute atomic E-state index is 0.0888. The Labute approximate surface area is 130 Å². The van der Waals surface area contributed by atoms with Crippen molar-refractivity contribution in [2.24, 2.45) is 0 Å². The molecular formula is C16H21ClN4. The fourth-order valence-corrected chi connectivity index (χ4v) is 4.25. The molecule has 112 valence electrons. The fourth-order valence-electron chi connectivity index (χ4n) is 4.09. The van der Waals surface area contributed by atoms with E-state index in [1.807, 2.05) is 19.2 Å². The normalized spacial score (nSPS) is 27.4. The van der Waals surface area contributed by atoms with Crippen LogP contribution in [0.15, 0.2) is 12.3 Å². The summed E-state index contributed by atoms with van der Waals surface area (Å²) in [4.78, 5) is 12.1. The second kappa shape index (κ2) is 4.96. The molecule has 5 heteroatoms. The van der Waals surface area contributed by atoms with Crippen LogP contribution in [0.4, 0.5) is 0 Å². The van der Waals surface area contributed by atoms with E-state index in [1.165, 1.54) is 37.9 Å². The van der Waals surface area contributed by atoms with Crippen LogP contribution in [0, 0.1) is 6.92 Å². The minimum atomic E-state index is -0.0888. The zero-order valence-electron chi connectivity index (χ0n) is 12.6. The van der Waals surface area contributed by atoms with Crippen molar-refractivity contribution in [2.75, 3.05) is 13.1 Å². The molecule has 2 aliphatic heterocycles. The molecule has 4 heterocycles. The maximum absolute atomic E-state index is 6.43. The Bertz CT molecular complexity index is 678. The van der Waals surface area contributed by atoms with Gasteiger partial charge in [0.05, 0.1) is 11.4 Å². The van der Waals surface area contributed by atoms with Gasteiger partial charge in [0.25, 0.3) is 0 Å². The molecule has 3 atom stereocenters. The van der Waals surface area contributed by atoms with Crippen LogP contribution in [-0.4, -0.2) is 38.6 Å². The molecule has 0 spiro atoms. The first-order valence-electron chi connectivity index (χ1n) is 7.88. The highest BCUT2D eigenvalue weighted by Gasteiger charge is 2.40. The number of hydrogen-bond donors (Lipinski definition) is 0. The highest BCUT2D eigenvalue weighted by Crippen LogP contribution is 2.40. The van der Waals surface area contributed by atoms with E-state index in [1.54, 1.807) is 0 Å². The molecule has 4 nitrogen and oxygen atoms in total. The number of nitrogens with zero attached hydrogens (tertiary/aromatic N) is 4. The first kappa shape index (κ1) is 13.5. The van der Waals surface area contributed by atoms with E-state index >= 15 is 0 Å². The highest BCUT2D eigenvalue weighted by molar-refractivity contribution is 6.20. The van der Waals surface area contributed by atoms with E-state index in [4.69, 9.17) is 16.6 Å². The van der Waals surface area contributed by atoms with E-state index < -0.39 is 0 Å². The van der Waals surface area contributed by atoms with Gasteiger partial charge in [-0.25, -0.2) is 9.97 Å². The molecule has 2 saturated heterocycles. The van der Waals surface area contributed by atoms with Crippen LogP contribution in [0.5, 0.6) is 0 Å². The lowest BCUT2D eigenvalue weighted by Crippen LogP contribution is -2.28. The Morgan fingerprint density at radius 1 is 1.29 bits per heavy atom. The molecule has 0 amide bonds. The lowest BCUT2D eigenvalue weighted by atomic mass is 10.1. The number of alkyl halides is 1. The average molecular weight is 305 g/mol. The first-order chi connectivity index (χ1) is 10.2. The van der Waals surface area contributed by atoms with E-state index in [9.17, 15) is 0 Å². The predicted molar refractivity (Wildman–Crippen MR) is 84.8 cm³/mol. The zero-order chi connectivity index (χ0) is 14.6. The number of fused-ring (bicyclic) bond motifs is 2. The topological polar surface area (TPSA) is 34.0 Å². The molecule has 3 unspecified atom stereocenters. The number of pyridine rings is 1. The van der Waals surface area contributed by atoms with Gasteiger partial charge in [-0.3, -0.25) is 4.90 Å². The summed E-state index contributed by atoms with van der Waals surface area (Å²) < 4.78 is 2.34. The molecule has 0 aliphatic carbocycles. The lowest BCUT2D eigenvalue weighted by molar-refractivity contribution is 0.289. The molecule has 21 heavy (non-hydrogen) atoms. The van der Waals surface area contributed by atoms with Gasteiger partial charge in [0.2, 0.25) is 0 Å². The van der Waals surface area contributed by atoms with Crippen LogP contribution in [-0.2, 0) is 0 Å². The van der Waals surface area contributed by atoms with Gasteiger partial charge in [-0.2, -0.15) is 0 Å². The summed E-state index contributed by atoms with van der Waals surface area (Å²) in [5.41, 5.74) is 3.20. The number of aromatic nitrogens is 3. The van der Waals surface area contributed by atoms with Crippen LogP contribution < -0.4 is 0 Å². The van der Waals surface area contributed by atoms with Crippen LogP contribution >= 0.6 is 11.6 Å². The number of hydrogen-bond acceptors (Lipinski definition) is 3. The molecule has 0 saturated carbocycles. The zero-order valence-corrected chi connectivity index (χ0v) is 13.3. The van der Waals surface area contributed by atoms with Gasteiger partial charge in [-0.15, -0.1) is 11.6 Å². The molecule has 2 aromatic heterocycles. The van der Waals surface area contributed by atoms with Crippen molar-refractivity contribution in [2.45, 2.75) is 50.6 Å². The summed E-state index contributed by atoms with van der Waals surface area (Å²) in [6, 6.07) is 3.14. The largest absolute Gasteiger partial charge is 0.307 e. The second-order valence-corrected chi connectivity index (χ2v) is 7.01. The monoisotopic (exact) mass is 304 g/mol. The van der Waals surface area contributed by atoms with Crippen LogP contribution in [0.2, 0.25) is 0 Å². The molecule has 0 bridgehead atoms. The lowest BCUT2D eigenvalue weighted by Gasteiger charge is -2.24. The molecule has 0 N–H and O–H groups in total. The summed E-state index contributed by atoms with van der Waals surface area (Å²) in [7, 11) is 0. The number of rotatable bonds is 2. The maximum Gasteiger partial charge on any atom is 0.160 e. The van der Waals surface area contributed by atoms with Crippen molar-refractivity contribution in [3.8, 4) is 0 Å². The van der Waals surface area contributed by atoms with Crippen LogP contribution in [0.25, 0.3) is 11.2 Å². The Morgan fingerprint density at radius 2 is 2.14 bits per heavy atom.